The van der Waals surface area contributed by atoms with Crippen LogP contribution in [0.4, 0.5) is 0 Å². The predicted octanol–water partition coefficient (Wildman–Crippen LogP) is 3.92. The van der Waals surface area contributed by atoms with Gasteiger partial charge in [0, 0.05) is 11.2 Å². The van der Waals surface area contributed by atoms with Crippen molar-refractivity contribution >= 4 is 16.9 Å². The summed E-state index contributed by atoms with van der Waals surface area (Å²) in [5, 5.41) is 0.945. The summed E-state index contributed by atoms with van der Waals surface area (Å²) in [6.07, 6.45) is 3.15. The van der Waals surface area contributed by atoms with Crippen molar-refractivity contribution in [2.45, 2.75) is 38.4 Å². The number of benzene rings is 1. The summed E-state index contributed by atoms with van der Waals surface area (Å²) >= 11 is 1.59. The van der Waals surface area contributed by atoms with Crippen molar-refractivity contribution in [2.24, 2.45) is 11.8 Å². The third-order valence-electron chi connectivity index (χ3n) is 3.72. The molecule has 1 aromatic carbocycles. The van der Waals surface area contributed by atoms with Gasteiger partial charge in [-0.05, 0) is 24.3 Å². The average molecular weight is 248 g/mol. The molecule has 2 rings (SSSR count). The normalized spacial score (nSPS) is 26.1. The highest BCUT2D eigenvalue weighted by Crippen LogP contribution is 2.39. The summed E-state index contributed by atoms with van der Waals surface area (Å²) < 4.78 is 0. The van der Waals surface area contributed by atoms with E-state index in [1.165, 1.54) is 12.0 Å². The lowest BCUT2D eigenvalue weighted by Gasteiger charge is -2.15. The molecule has 1 saturated heterocycles. The quantitative estimate of drug-likeness (QED) is 0.803. The maximum Gasteiger partial charge on any atom is 0.192 e. The molecule has 1 fully saturated rings. The van der Waals surface area contributed by atoms with Crippen LogP contribution in [0.2, 0.25) is 0 Å². The number of thioether (sulfide) groups is 1. The van der Waals surface area contributed by atoms with E-state index in [1.807, 2.05) is 18.2 Å². The minimum Gasteiger partial charge on any atom is -0.287 e. The zero-order chi connectivity index (χ0) is 12.3. The van der Waals surface area contributed by atoms with E-state index in [4.69, 9.17) is 0 Å². The molecule has 92 valence electrons. The monoisotopic (exact) mass is 248 g/mol. The highest BCUT2D eigenvalue weighted by atomic mass is 32.2. The van der Waals surface area contributed by atoms with Crippen molar-refractivity contribution in [3.63, 3.8) is 0 Å². The minimum absolute atomic E-state index is 0.237. The van der Waals surface area contributed by atoms with Crippen LogP contribution in [0.25, 0.3) is 0 Å². The van der Waals surface area contributed by atoms with Gasteiger partial charge < -0.3 is 0 Å². The van der Waals surface area contributed by atoms with Crippen molar-refractivity contribution in [1.29, 1.82) is 0 Å². The van der Waals surface area contributed by atoms with Crippen molar-refractivity contribution < 1.29 is 4.79 Å². The van der Waals surface area contributed by atoms with Crippen molar-refractivity contribution in [3.8, 4) is 0 Å². The van der Waals surface area contributed by atoms with E-state index in [0.717, 1.165) is 12.8 Å². The van der Waals surface area contributed by atoms with E-state index in [9.17, 15) is 4.79 Å². The largest absolute Gasteiger partial charge is 0.287 e. The van der Waals surface area contributed by atoms with Gasteiger partial charge in [0.15, 0.2) is 5.12 Å². The van der Waals surface area contributed by atoms with Crippen LogP contribution in [0.5, 0.6) is 0 Å². The first kappa shape index (κ1) is 12.7. The van der Waals surface area contributed by atoms with Crippen LogP contribution in [-0.2, 0) is 11.2 Å². The van der Waals surface area contributed by atoms with Gasteiger partial charge >= 0.3 is 0 Å². The van der Waals surface area contributed by atoms with E-state index in [-0.39, 0.29) is 5.92 Å². The highest BCUT2D eigenvalue weighted by molar-refractivity contribution is 8.14. The van der Waals surface area contributed by atoms with Gasteiger partial charge in [0.1, 0.15) is 0 Å². The third-order valence-corrected chi connectivity index (χ3v) is 5.25. The molecular formula is C15H20OS. The maximum atomic E-state index is 12.0. The van der Waals surface area contributed by atoms with Gasteiger partial charge in [0.2, 0.25) is 0 Å². The predicted molar refractivity (Wildman–Crippen MR) is 74.1 cm³/mol. The summed E-state index contributed by atoms with van der Waals surface area (Å²) in [5.74, 6) is 0.895. The van der Waals surface area contributed by atoms with E-state index in [2.05, 4.69) is 26.0 Å². The van der Waals surface area contributed by atoms with Crippen molar-refractivity contribution in [3.05, 3.63) is 35.9 Å². The standard InChI is InChI=1S/C15H20OS/c1-3-11(2)14-10-13(15(16)17-14)9-12-7-5-4-6-8-12/h4-8,11,13-14H,3,9-10H2,1-2H3/t11-,13-,14+/m0/s1. The maximum absolute atomic E-state index is 12.0. The Balaban J connectivity index is 1.97. The molecule has 0 aromatic heterocycles. The van der Waals surface area contributed by atoms with E-state index in [0.29, 0.717) is 16.3 Å². The SMILES string of the molecule is CC[C@H](C)[C@H]1C[C@H](Cc2ccccc2)C(=O)S1. The molecule has 0 amide bonds. The zero-order valence-corrected chi connectivity index (χ0v) is 11.4. The molecule has 17 heavy (non-hydrogen) atoms. The fraction of sp³-hybridized carbons (Fsp3) is 0.533. The Kier molecular flexibility index (Phi) is 4.27. The molecule has 0 N–H and O–H groups in total. The summed E-state index contributed by atoms with van der Waals surface area (Å²) in [7, 11) is 0. The molecule has 0 radical (unpaired) electrons. The molecule has 2 heteroatoms. The van der Waals surface area contributed by atoms with Crippen LogP contribution in [-0.4, -0.2) is 10.4 Å². The van der Waals surface area contributed by atoms with Gasteiger partial charge in [0.05, 0.1) is 0 Å². The van der Waals surface area contributed by atoms with Crippen molar-refractivity contribution in [1.82, 2.24) is 0 Å². The molecule has 0 bridgehead atoms. The van der Waals surface area contributed by atoms with Crippen LogP contribution in [0.1, 0.15) is 32.3 Å². The number of hydrogen-bond acceptors (Lipinski definition) is 2. The van der Waals surface area contributed by atoms with Gasteiger partial charge in [-0.2, -0.15) is 0 Å². The average Bonchev–Trinajstić information content (AvgIpc) is 2.71. The molecule has 1 heterocycles. The Morgan fingerprint density at radius 1 is 1.35 bits per heavy atom. The second-order valence-electron chi connectivity index (χ2n) is 4.98. The smallest absolute Gasteiger partial charge is 0.192 e. The molecule has 1 nitrogen and oxygen atoms in total. The molecule has 0 spiro atoms. The van der Waals surface area contributed by atoms with Crippen molar-refractivity contribution in [2.75, 3.05) is 0 Å². The van der Waals surface area contributed by atoms with Gasteiger partial charge in [-0.3, -0.25) is 4.79 Å². The Labute approximate surface area is 108 Å². The van der Waals surface area contributed by atoms with Crippen LogP contribution in [0.15, 0.2) is 30.3 Å². The van der Waals surface area contributed by atoms with Gasteiger partial charge in [-0.25, -0.2) is 0 Å². The third kappa shape index (κ3) is 3.12. The van der Waals surface area contributed by atoms with Gasteiger partial charge in [-0.1, -0.05) is 62.4 Å². The van der Waals surface area contributed by atoms with Crippen LogP contribution >= 0.6 is 11.8 Å². The van der Waals surface area contributed by atoms with E-state index < -0.39 is 0 Å². The Bertz CT molecular complexity index is 374. The fourth-order valence-corrected chi connectivity index (χ4v) is 3.77. The summed E-state index contributed by atoms with van der Waals surface area (Å²) in [6, 6.07) is 10.4. The molecule has 0 saturated carbocycles. The first-order valence-electron chi connectivity index (χ1n) is 6.45. The molecule has 0 aliphatic carbocycles. The lowest BCUT2D eigenvalue weighted by Crippen LogP contribution is -2.12. The minimum atomic E-state index is 0.237. The summed E-state index contributed by atoms with van der Waals surface area (Å²) in [6.45, 7) is 4.47. The molecule has 1 aliphatic rings. The topological polar surface area (TPSA) is 17.1 Å². The van der Waals surface area contributed by atoms with Crippen LogP contribution < -0.4 is 0 Å². The lowest BCUT2D eigenvalue weighted by atomic mass is 9.91. The van der Waals surface area contributed by atoms with E-state index in [1.54, 1.807) is 11.8 Å². The van der Waals surface area contributed by atoms with Crippen LogP contribution in [0, 0.1) is 11.8 Å². The second-order valence-corrected chi connectivity index (χ2v) is 6.23. The Morgan fingerprint density at radius 2 is 2.06 bits per heavy atom. The summed E-state index contributed by atoms with van der Waals surface area (Å²) in [4.78, 5) is 12.0. The number of carbonyl (C=O) groups is 1. The Morgan fingerprint density at radius 3 is 2.71 bits per heavy atom. The molecule has 1 aromatic rings. The van der Waals surface area contributed by atoms with E-state index >= 15 is 0 Å². The lowest BCUT2D eigenvalue weighted by molar-refractivity contribution is -0.113. The summed E-state index contributed by atoms with van der Waals surface area (Å²) in [5.41, 5.74) is 1.29. The Hall–Kier alpha value is -0.760. The number of rotatable bonds is 4. The second kappa shape index (κ2) is 5.72. The van der Waals surface area contributed by atoms with Crippen LogP contribution in [0.3, 0.4) is 0 Å². The van der Waals surface area contributed by atoms with Gasteiger partial charge in [0.25, 0.3) is 0 Å². The van der Waals surface area contributed by atoms with Gasteiger partial charge in [-0.15, -0.1) is 0 Å². The first-order valence-corrected chi connectivity index (χ1v) is 7.33. The number of hydrogen-bond donors (Lipinski definition) is 0. The zero-order valence-electron chi connectivity index (χ0n) is 10.6. The first-order chi connectivity index (χ1) is 8.20. The highest BCUT2D eigenvalue weighted by Gasteiger charge is 2.35. The number of carbonyl (C=O) groups excluding carboxylic acids is 1. The molecule has 3 atom stereocenters. The molecule has 0 unspecified atom stereocenters. The molecular weight excluding hydrogens is 228 g/mol. The molecule has 1 aliphatic heterocycles. The fourth-order valence-electron chi connectivity index (χ4n) is 2.35.